The second-order valence-electron chi connectivity index (χ2n) is 2.30. The quantitative estimate of drug-likeness (QED) is 0.768. The van der Waals surface area contributed by atoms with Crippen LogP contribution in [0.15, 0.2) is 0 Å². The first-order valence-electron chi connectivity index (χ1n) is 3.10. The van der Waals surface area contributed by atoms with Gasteiger partial charge in [0, 0.05) is 0 Å². The van der Waals surface area contributed by atoms with Gasteiger partial charge in [-0.25, -0.2) is 4.79 Å². The van der Waals surface area contributed by atoms with Crippen LogP contribution in [-0.2, 0) is 9.53 Å². The number of carboxylic acids is 1. The molecule has 0 spiro atoms. The highest BCUT2D eigenvalue weighted by atomic mass is 19.4. The molecule has 3 nitrogen and oxygen atoms in total. The highest BCUT2D eigenvalue weighted by Gasteiger charge is 2.65. The molecule has 0 heterocycles. The molecule has 0 aromatic rings. The summed E-state index contributed by atoms with van der Waals surface area (Å²) in [5.74, 6) is -9.01. The summed E-state index contributed by atoms with van der Waals surface area (Å²) in [5.41, 5.74) is 0. The molecular formula is C5H3F7O3. The maximum absolute atomic E-state index is 12.1. The van der Waals surface area contributed by atoms with Crippen molar-refractivity contribution in [3.63, 3.8) is 0 Å². The summed E-state index contributed by atoms with van der Waals surface area (Å²) in [6.07, 6.45) is -11.0. The number of hydrogen-bond donors (Lipinski definition) is 1. The van der Waals surface area contributed by atoms with Gasteiger partial charge in [-0.3, -0.25) is 0 Å². The third kappa shape index (κ3) is 3.53. The van der Waals surface area contributed by atoms with Gasteiger partial charge in [-0.05, 0) is 0 Å². The Labute approximate surface area is 77.4 Å². The minimum Gasteiger partial charge on any atom is -0.477 e. The Balaban J connectivity index is 4.62. The molecule has 15 heavy (non-hydrogen) atoms. The lowest BCUT2D eigenvalue weighted by Gasteiger charge is -2.22. The molecular weight excluding hydrogens is 241 g/mol. The molecule has 0 aliphatic heterocycles. The number of carbonyl (C=O) groups is 1. The normalized spacial score (nSPS) is 14.1. The van der Waals surface area contributed by atoms with E-state index in [2.05, 4.69) is 4.74 Å². The molecule has 0 aromatic heterocycles. The average molecular weight is 244 g/mol. The molecule has 0 aliphatic rings. The Morgan fingerprint density at radius 1 is 1.07 bits per heavy atom. The lowest BCUT2D eigenvalue weighted by Crippen LogP contribution is -2.50. The van der Waals surface area contributed by atoms with Gasteiger partial charge in [0.15, 0.2) is 0 Å². The van der Waals surface area contributed by atoms with Crippen LogP contribution in [0.3, 0.4) is 0 Å². The molecule has 0 saturated heterocycles. The Bertz CT molecular complexity index is 246. The number of hydrogen-bond acceptors (Lipinski definition) is 2. The number of rotatable bonds is 4. The van der Waals surface area contributed by atoms with Gasteiger partial charge in [-0.2, -0.15) is 30.7 Å². The summed E-state index contributed by atoms with van der Waals surface area (Å²) < 4.78 is 84.9. The zero-order valence-corrected chi connectivity index (χ0v) is 6.62. The van der Waals surface area contributed by atoms with Gasteiger partial charge in [0.1, 0.15) is 6.61 Å². The molecule has 0 atom stereocenters. The molecule has 0 aliphatic carbocycles. The summed E-state index contributed by atoms with van der Waals surface area (Å²) in [7, 11) is 0. The fraction of sp³-hybridized carbons (Fsp3) is 0.800. The number of alkyl halides is 7. The number of halogens is 7. The molecule has 10 heteroatoms. The van der Waals surface area contributed by atoms with E-state index >= 15 is 0 Å². The van der Waals surface area contributed by atoms with E-state index in [4.69, 9.17) is 5.11 Å². The molecule has 0 aromatic carbocycles. The van der Waals surface area contributed by atoms with Crippen LogP contribution in [0.1, 0.15) is 0 Å². The van der Waals surface area contributed by atoms with Crippen molar-refractivity contribution in [3.8, 4) is 0 Å². The standard InChI is InChI=1S/C5H3F7O3/c6-3(7,8)1-15-5(11,12)4(9,10)2(13)14/h1H2,(H,13,14). The van der Waals surface area contributed by atoms with Crippen LogP contribution in [0.5, 0.6) is 0 Å². The number of aliphatic carboxylic acids is 1. The van der Waals surface area contributed by atoms with E-state index < -0.39 is 30.8 Å². The maximum Gasteiger partial charge on any atom is 0.431 e. The molecule has 0 bridgehead atoms. The Morgan fingerprint density at radius 3 is 1.73 bits per heavy atom. The first-order valence-corrected chi connectivity index (χ1v) is 3.10. The van der Waals surface area contributed by atoms with Crippen LogP contribution in [0.4, 0.5) is 30.7 Å². The highest BCUT2D eigenvalue weighted by molar-refractivity contribution is 5.76. The monoisotopic (exact) mass is 244 g/mol. The zero-order valence-electron chi connectivity index (χ0n) is 6.62. The van der Waals surface area contributed by atoms with E-state index in [-0.39, 0.29) is 0 Å². The third-order valence-electron chi connectivity index (χ3n) is 1.05. The van der Waals surface area contributed by atoms with Gasteiger partial charge < -0.3 is 9.84 Å². The summed E-state index contributed by atoms with van der Waals surface area (Å²) in [6, 6.07) is 0. The minimum absolute atomic E-state index is 2.53. The van der Waals surface area contributed by atoms with Crippen molar-refractivity contribution in [2.45, 2.75) is 18.2 Å². The van der Waals surface area contributed by atoms with E-state index in [1.54, 1.807) is 0 Å². The van der Waals surface area contributed by atoms with Gasteiger partial charge in [0.25, 0.3) is 0 Å². The predicted molar refractivity (Wildman–Crippen MR) is 29.5 cm³/mol. The van der Waals surface area contributed by atoms with E-state index in [0.29, 0.717) is 0 Å². The van der Waals surface area contributed by atoms with Crippen LogP contribution in [0.2, 0.25) is 0 Å². The van der Waals surface area contributed by atoms with Crippen molar-refractivity contribution in [1.29, 1.82) is 0 Å². The van der Waals surface area contributed by atoms with Crippen LogP contribution in [-0.4, -0.2) is 35.9 Å². The summed E-state index contributed by atoms with van der Waals surface area (Å²) in [5, 5.41) is 7.62. The highest BCUT2D eigenvalue weighted by Crippen LogP contribution is 2.36. The summed E-state index contributed by atoms with van der Waals surface area (Å²) in [4.78, 5) is 9.60. The number of carboxylic acid groups (broad SMARTS) is 1. The largest absolute Gasteiger partial charge is 0.477 e. The van der Waals surface area contributed by atoms with Gasteiger partial charge in [0.2, 0.25) is 0 Å². The maximum atomic E-state index is 12.1. The first-order chi connectivity index (χ1) is 6.40. The SMILES string of the molecule is O=C(O)C(F)(F)C(F)(F)OCC(F)(F)F. The van der Waals surface area contributed by atoms with Crippen LogP contribution in [0.25, 0.3) is 0 Å². The van der Waals surface area contributed by atoms with E-state index in [1.807, 2.05) is 0 Å². The molecule has 0 amide bonds. The van der Waals surface area contributed by atoms with Crippen molar-refractivity contribution < 1.29 is 45.4 Å². The van der Waals surface area contributed by atoms with E-state index in [1.165, 1.54) is 0 Å². The van der Waals surface area contributed by atoms with Crippen molar-refractivity contribution in [3.05, 3.63) is 0 Å². The lowest BCUT2D eigenvalue weighted by molar-refractivity contribution is -0.359. The van der Waals surface area contributed by atoms with Crippen LogP contribution in [0, 0.1) is 0 Å². The zero-order chi connectivity index (χ0) is 12.5. The molecule has 90 valence electrons. The second-order valence-corrected chi connectivity index (χ2v) is 2.30. The fourth-order valence-corrected chi connectivity index (χ4v) is 0.388. The molecule has 0 unspecified atom stereocenters. The molecule has 0 radical (unpaired) electrons. The fourth-order valence-electron chi connectivity index (χ4n) is 0.388. The summed E-state index contributed by atoms with van der Waals surface area (Å²) >= 11 is 0. The minimum atomic E-state index is -5.73. The van der Waals surface area contributed by atoms with Gasteiger partial charge in [0.05, 0.1) is 0 Å². The topological polar surface area (TPSA) is 46.5 Å². The van der Waals surface area contributed by atoms with Gasteiger partial charge in [-0.1, -0.05) is 0 Å². The third-order valence-corrected chi connectivity index (χ3v) is 1.05. The van der Waals surface area contributed by atoms with Crippen LogP contribution >= 0.6 is 0 Å². The van der Waals surface area contributed by atoms with Crippen molar-refractivity contribution in [2.75, 3.05) is 6.61 Å². The Morgan fingerprint density at radius 2 is 1.47 bits per heavy atom. The molecule has 0 fully saturated rings. The molecule has 1 N–H and O–H groups in total. The van der Waals surface area contributed by atoms with Crippen molar-refractivity contribution in [1.82, 2.24) is 0 Å². The molecule has 0 saturated carbocycles. The Kier molecular flexibility index (Phi) is 3.56. The van der Waals surface area contributed by atoms with Crippen molar-refractivity contribution in [2.24, 2.45) is 0 Å². The van der Waals surface area contributed by atoms with Crippen molar-refractivity contribution >= 4 is 5.97 Å². The lowest BCUT2D eigenvalue weighted by atomic mass is 10.3. The average Bonchev–Trinajstić information content (AvgIpc) is 1.99. The number of ether oxygens (including phenoxy) is 1. The van der Waals surface area contributed by atoms with E-state index in [9.17, 15) is 35.5 Å². The smallest absolute Gasteiger partial charge is 0.431 e. The molecule has 0 rings (SSSR count). The van der Waals surface area contributed by atoms with Crippen LogP contribution < -0.4 is 0 Å². The van der Waals surface area contributed by atoms with Gasteiger partial charge >= 0.3 is 24.2 Å². The Hall–Kier alpha value is -1.06. The predicted octanol–water partition coefficient (Wildman–Crippen LogP) is 1.88. The van der Waals surface area contributed by atoms with Gasteiger partial charge in [-0.15, -0.1) is 0 Å². The second kappa shape index (κ2) is 3.83. The first kappa shape index (κ1) is 13.9. The van der Waals surface area contributed by atoms with E-state index in [0.717, 1.165) is 0 Å². The summed E-state index contributed by atoms with van der Waals surface area (Å²) in [6.45, 7) is -2.68.